The van der Waals surface area contributed by atoms with Gasteiger partial charge in [-0.25, -0.2) is 9.18 Å². The average molecular weight is 409 g/mol. The first kappa shape index (κ1) is 21.8. The van der Waals surface area contributed by atoms with Gasteiger partial charge >= 0.3 is 6.09 Å². The number of unbranched alkanes of at least 4 members (excludes halogenated alkanes) is 1. The Morgan fingerprint density at radius 2 is 2.10 bits per heavy atom. The van der Waals surface area contributed by atoms with Crippen LogP contribution in [0.25, 0.3) is 0 Å². The molecule has 2 aliphatic rings. The van der Waals surface area contributed by atoms with Gasteiger partial charge in [0.05, 0.1) is 12.2 Å². The lowest BCUT2D eigenvalue weighted by Gasteiger charge is -2.42. The van der Waals surface area contributed by atoms with Crippen LogP contribution in [0.5, 0.6) is 5.75 Å². The summed E-state index contributed by atoms with van der Waals surface area (Å²) < 4.78 is 25.7. The number of hydrogen-bond donors (Lipinski definition) is 2. The molecular formula is C22H32FNO5. The van der Waals surface area contributed by atoms with Crippen molar-refractivity contribution in [3.8, 4) is 5.75 Å². The monoisotopic (exact) mass is 409 g/mol. The second kappa shape index (κ2) is 9.76. The summed E-state index contributed by atoms with van der Waals surface area (Å²) in [6.45, 7) is 1.71. The maximum absolute atomic E-state index is 14.7. The average Bonchev–Trinajstić information content (AvgIpc) is 3.54. The van der Waals surface area contributed by atoms with Gasteiger partial charge in [0.15, 0.2) is 11.6 Å². The highest BCUT2D eigenvalue weighted by molar-refractivity contribution is 5.65. The van der Waals surface area contributed by atoms with Crippen molar-refractivity contribution >= 4 is 6.09 Å². The molecule has 0 spiro atoms. The van der Waals surface area contributed by atoms with Crippen LogP contribution in [-0.4, -0.2) is 54.6 Å². The summed E-state index contributed by atoms with van der Waals surface area (Å²) >= 11 is 0. The number of carbonyl (C=O) groups is 1. The lowest BCUT2D eigenvalue weighted by molar-refractivity contribution is -0.0604. The number of halogens is 1. The van der Waals surface area contributed by atoms with Gasteiger partial charge in [0.1, 0.15) is 0 Å². The fraction of sp³-hybridized carbons (Fsp3) is 0.682. The molecule has 1 aromatic rings. The molecule has 1 heterocycles. The van der Waals surface area contributed by atoms with Gasteiger partial charge in [0, 0.05) is 38.3 Å². The van der Waals surface area contributed by atoms with Gasteiger partial charge in [-0.05, 0) is 56.9 Å². The third-order valence-electron chi connectivity index (χ3n) is 6.12. The summed E-state index contributed by atoms with van der Waals surface area (Å²) in [7, 11) is 1.63. The lowest BCUT2D eigenvalue weighted by Crippen LogP contribution is -2.48. The van der Waals surface area contributed by atoms with E-state index in [0.29, 0.717) is 56.9 Å². The van der Waals surface area contributed by atoms with Gasteiger partial charge in [-0.15, -0.1) is 0 Å². The maximum atomic E-state index is 14.7. The molecule has 1 saturated carbocycles. The van der Waals surface area contributed by atoms with Crippen LogP contribution in [0.3, 0.4) is 0 Å². The Morgan fingerprint density at radius 1 is 1.31 bits per heavy atom. The number of nitrogens with zero attached hydrogens (tertiary/aromatic N) is 1. The number of methoxy groups -OCH3 is 1. The number of hydrogen-bond acceptors (Lipinski definition) is 4. The third kappa shape index (κ3) is 5.39. The van der Waals surface area contributed by atoms with E-state index in [1.54, 1.807) is 19.2 Å². The van der Waals surface area contributed by atoms with Crippen molar-refractivity contribution in [3.63, 3.8) is 0 Å². The number of likely N-dealkylation sites (tertiary alicyclic amines) is 1. The summed E-state index contributed by atoms with van der Waals surface area (Å²) in [5.74, 6) is -0.236. The van der Waals surface area contributed by atoms with E-state index in [1.807, 2.05) is 0 Å². The van der Waals surface area contributed by atoms with Crippen LogP contribution >= 0.6 is 0 Å². The Kier molecular flexibility index (Phi) is 7.35. The van der Waals surface area contributed by atoms with E-state index in [0.717, 1.165) is 19.3 Å². The minimum atomic E-state index is -1.36. The van der Waals surface area contributed by atoms with Crippen LogP contribution in [0.1, 0.15) is 50.5 Å². The molecule has 162 valence electrons. The van der Waals surface area contributed by atoms with Gasteiger partial charge in [-0.1, -0.05) is 12.1 Å². The van der Waals surface area contributed by atoms with E-state index in [9.17, 15) is 19.4 Å². The van der Waals surface area contributed by atoms with Crippen molar-refractivity contribution in [2.24, 2.45) is 11.8 Å². The van der Waals surface area contributed by atoms with Crippen molar-refractivity contribution in [2.45, 2.75) is 50.5 Å². The number of amides is 1. The zero-order valence-corrected chi connectivity index (χ0v) is 17.1. The van der Waals surface area contributed by atoms with Crippen molar-refractivity contribution in [3.05, 3.63) is 29.6 Å². The highest BCUT2D eigenvalue weighted by Gasteiger charge is 2.43. The molecule has 1 aliphatic carbocycles. The van der Waals surface area contributed by atoms with Gasteiger partial charge in [0.25, 0.3) is 0 Å². The van der Waals surface area contributed by atoms with Crippen molar-refractivity contribution < 1.29 is 28.9 Å². The van der Waals surface area contributed by atoms with Gasteiger partial charge in [0.2, 0.25) is 0 Å². The van der Waals surface area contributed by atoms with Crippen LogP contribution in [0.2, 0.25) is 0 Å². The number of aliphatic hydroxyl groups is 1. The first-order valence-electron chi connectivity index (χ1n) is 10.6. The summed E-state index contributed by atoms with van der Waals surface area (Å²) in [6.07, 6.45) is 4.39. The summed E-state index contributed by atoms with van der Waals surface area (Å²) in [5.41, 5.74) is -0.921. The normalized spacial score (nSPS) is 21.6. The van der Waals surface area contributed by atoms with Crippen LogP contribution in [0, 0.1) is 17.7 Å². The molecule has 1 amide bonds. The van der Waals surface area contributed by atoms with E-state index in [1.165, 1.54) is 11.0 Å². The topological polar surface area (TPSA) is 79.2 Å². The van der Waals surface area contributed by atoms with Crippen molar-refractivity contribution in [1.29, 1.82) is 0 Å². The molecule has 7 heteroatoms. The first-order chi connectivity index (χ1) is 14.0. The predicted molar refractivity (Wildman–Crippen MR) is 107 cm³/mol. The molecule has 2 unspecified atom stereocenters. The highest BCUT2D eigenvalue weighted by Crippen LogP contribution is 2.44. The zero-order chi connectivity index (χ0) is 20.9. The Bertz CT molecular complexity index is 696. The summed E-state index contributed by atoms with van der Waals surface area (Å²) in [4.78, 5) is 12.9. The SMILES string of the molecule is COCCCCC(O)(c1cccc(F)c1OCC1CC1)C1CCCN(C(=O)O)C1. The summed E-state index contributed by atoms with van der Waals surface area (Å²) in [5, 5.41) is 21.3. The number of para-hydroxylation sites is 1. The highest BCUT2D eigenvalue weighted by atomic mass is 19.1. The fourth-order valence-electron chi connectivity index (χ4n) is 4.22. The largest absolute Gasteiger partial charge is 0.490 e. The van der Waals surface area contributed by atoms with Gasteiger partial charge in [-0.3, -0.25) is 0 Å². The standard InChI is InChI=1S/C22H32FNO5/c1-28-13-3-2-11-22(27,17-6-5-12-24(14-17)21(25)26)18-7-4-8-19(23)20(18)29-15-16-9-10-16/h4,7-8,16-17,27H,2-3,5-6,9-15H2,1H3,(H,25,26). The molecule has 2 fully saturated rings. The minimum absolute atomic E-state index is 0.112. The first-order valence-corrected chi connectivity index (χ1v) is 10.6. The molecule has 1 saturated heterocycles. The van der Waals surface area contributed by atoms with E-state index in [4.69, 9.17) is 9.47 Å². The second-order valence-corrected chi connectivity index (χ2v) is 8.31. The Balaban J connectivity index is 1.89. The molecule has 6 nitrogen and oxygen atoms in total. The molecule has 0 bridgehead atoms. The van der Waals surface area contributed by atoms with Crippen LogP contribution < -0.4 is 4.74 Å². The molecule has 0 aromatic heterocycles. The molecule has 2 N–H and O–H groups in total. The van der Waals surface area contributed by atoms with E-state index >= 15 is 0 Å². The van der Waals surface area contributed by atoms with E-state index in [-0.39, 0.29) is 18.2 Å². The number of carboxylic acid groups (broad SMARTS) is 1. The van der Waals surface area contributed by atoms with E-state index < -0.39 is 17.5 Å². The van der Waals surface area contributed by atoms with Crippen LogP contribution in [-0.2, 0) is 10.3 Å². The van der Waals surface area contributed by atoms with Crippen molar-refractivity contribution in [1.82, 2.24) is 4.90 Å². The van der Waals surface area contributed by atoms with Crippen LogP contribution in [0.4, 0.5) is 9.18 Å². The summed E-state index contributed by atoms with van der Waals surface area (Å²) in [6, 6.07) is 4.66. The second-order valence-electron chi connectivity index (χ2n) is 8.31. The van der Waals surface area contributed by atoms with Gasteiger partial charge in [-0.2, -0.15) is 0 Å². The smallest absolute Gasteiger partial charge is 0.407 e. The van der Waals surface area contributed by atoms with Crippen LogP contribution in [0.15, 0.2) is 18.2 Å². The molecular weight excluding hydrogens is 377 g/mol. The fourth-order valence-corrected chi connectivity index (χ4v) is 4.22. The molecule has 0 radical (unpaired) electrons. The number of rotatable bonds is 10. The number of ether oxygens (including phenoxy) is 2. The Hall–Kier alpha value is -1.86. The minimum Gasteiger partial charge on any atom is -0.490 e. The van der Waals surface area contributed by atoms with E-state index in [2.05, 4.69) is 0 Å². The number of benzene rings is 1. The zero-order valence-electron chi connectivity index (χ0n) is 17.1. The molecule has 2 atom stereocenters. The third-order valence-corrected chi connectivity index (χ3v) is 6.12. The van der Waals surface area contributed by atoms with Gasteiger partial charge < -0.3 is 24.6 Å². The quantitative estimate of drug-likeness (QED) is 0.571. The molecule has 3 rings (SSSR count). The Morgan fingerprint density at radius 3 is 2.79 bits per heavy atom. The molecule has 1 aromatic carbocycles. The molecule has 29 heavy (non-hydrogen) atoms. The number of piperidine rings is 1. The Labute approximate surface area is 171 Å². The van der Waals surface area contributed by atoms with Crippen molar-refractivity contribution in [2.75, 3.05) is 33.4 Å². The lowest BCUT2D eigenvalue weighted by atomic mass is 9.73. The predicted octanol–water partition coefficient (Wildman–Crippen LogP) is 4.01. The maximum Gasteiger partial charge on any atom is 0.407 e. The molecule has 1 aliphatic heterocycles.